The van der Waals surface area contributed by atoms with Gasteiger partial charge in [0.15, 0.2) is 0 Å². The van der Waals surface area contributed by atoms with Crippen molar-refractivity contribution in [2.45, 2.75) is 71.0 Å². The van der Waals surface area contributed by atoms with Crippen molar-refractivity contribution in [2.75, 3.05) is 33.7 Å². The van der Waals surface area contributed by atoms with Gasteiger partial charge in [-0.15, -0.1) is 0 Å². The van der Waals surface area contributed by atoms with Crippen LogP contribution in [0, 0.1) is 23.7 Å². The minimum atomic E-state index is -0.384. The fourth-order valence-electron chi connectivity index (χ4n) is 4.92. The number of fused-ring (bicyclic) bond motifs is 1. The summed E-state index contributed by atoms with van der Waals surface area (Å²) in [6.07, 6.45) is 13.4. The standard InChI is InChI=1S/C24H44N2O2/c1-5-6-8-18(2)13-21(27)9-10-22-23-15-19(14-20(23)16-24(22)28)17-25-11-7-12-26(3)4/h9-10,14,18,20-25,27-28H,5-8,11-13,15-17H2,1-4H3/b10-9+/t18-,20-,21+,22+,23-,24+/m0/s1. The first-order chi connectivity index (χ1) is 13.4. The molecule has 3 N–H and O–H groups in total. The van der Waals surface area contributed by atoms with Crippen molar-refractivity contribution in [2.24, 2.45) is 23.7 Å². The topological polar surface area (TPSA) is 55.7 Å². The first kappa shape index (κ1) is 23.6. The summed E-state index contributed by atoms with van der Waals surface area (Å²) in [6.45, 7) is 7.59. The lowest BCUT2D eigenvalue weighted by atomic mass is 9.88. The van der Waals surface area contributed by atoms with E-state index in [9.17, 15) is 10.2 Å². The Morgan fingerprint density at radius 2 is 2.11 bits per heavy atom. The van der Waals surface area contributed by atoms with Crippen molar-refractivity contribution in [1.82, 2.24) is 10.2 Å². The van der Waals surface area contributed by atoms with Crippen molar-refractivity contribution < 1.29 is 10.2 Å². The van der Waals surface area contributed by atoms with Gasteiger partial charge in [-0.3, -0.25) is 0 Å². The molecule has 4 nitrogen and oxygen atoms in total. The number of aliphatic hydroxyl groups excluding tert-OH is 2. The quantitative estimate of drug-likeness (QED) is 0.331. The lowest BCUT2D eigenvalue weighted by Crippen LogP contribution is -2.23. The summed E-state index contributed by atoms with van der Waals surface area (Å²) < 4.78 is 0. The first-order valence-electron chi connectivity index (χ1n) is 11.5. The number of rotatable bonds is 13. The molecule has 28 heavy (non-hydrogen) atoms. The lowest BCUT2D eigenvalue weighted by molar-refractivity contribution is 0.139. The van der Waals surface area contributed by atoms with Crippen LogP contribution >= 0.6 is 0 Å². The number of allylic oxidation sites excluding steroid dienone is 1. The highest BCUT2D eigenvalue weighted by Gasteiger charge is 2.43. The number of hydrogen-bond donors (Lipinski definition) is 3. The van der Waals surface area contributed by atoms with E-state index >= 15 is 0 Å². The van der Waals surface area contributed by atoms with E-state index in [4.69, 9.17) is 0 Å². The molecule has 0 aromatic carbocycles. The molecule has 162 valence electrons. The molecule has 0 aliphatic heterocycles. The highest BCUT2D eigenvalue weighted by molar-refractivity contribution is 5.21. The maximum absolute atomic E-state index is 10.5. The molecule has 0 saturated heterocycles. The van der Waals surface area contributed by atoms with Gasteiger partial charge in [0.2, 0.25) is 0 Å². The maximum Gasteiger partial charge on any atom is 0.0723 e. The second-order valence-corrected chi connectivity index (χ2v) is 9.51. The van der Waals surface area contributed by atoms with Crippen LogP contribution in [-0.2, 0) is 0 Å². The summed E-state index contributed by atoms with van der Waals surface area (Å²) in [6, 6.07) is 0. The van der Waals surface area contributed by atoms with Crippen molar-refractivity contribution >= 4 is 0 Å². The van der Waals surface area contributed by atoms with Crippen molar-refractivity contribution in [1.29, 1.82) is 0 Å². The van der Waals surface area contributed by atoms with E-state index in [0.717, 1.165) is 38.9 Å². The largest absolute Gasteiger partial charge is 0.392 e. The van der Waals surface area contributed by atoms with E-state index in [0.29, 0.717) is 17.8 Å². The summed E-state index contributed by atoms with van der Waals surface area (Å²) in [7, 11) is 4.23. The van der Waals surface area contributed by atoms with Crippen LogP contribution < -0.4 is 5.32 Å². The summed E-state index contributed by atoms with van der Waals surface area (Å²) in [4.78, 5) is 2.22. The molecule has 6 atom stereocenters. The maximum atomic E-state index is 10.5. The van der Waals surface area contributed by atoms with Gasteiger partial charge in [-0.1, -0.05) is 56.9 Å². The molecule has 4 heteroatoms. The molecule has 0 spiro atoms. The molecule has 0 amide bonds. The molecule has 2 aliphatic carbocycles. The minimum absolute atomic E-state index is 0.188. The van der Waals surface area contributed by atoms with Crippen molar-refractivity contribution in [3.8, 4) is 0 Å². The van der Waals surface area contributed by atoms with Crippen molar-refractivity contribution in [3.05, 3.63) is 23.8 Å². The van der Waals surface area contributed by atoms with Crippen LogP contribution in [0.15, 0.2) is 23.8 Å². The Morgan fingerprint density at radius 1 is 1.32 bits per heavy atom. The summed E-state index contributed by atoms with van der Waals surface area (Å²) in [5, 5.41) is 24.4. The fraction of sp³-hybridized carbons (Fsp3) is 0.833. The Hall–Kier alpha value is -0.680. The van der Waals surface area contributed by atoms with E-state index in [-0.39, 0.29) is 18.1 Å². The van der Waals surface area contributed by atoms with Crippen molar-refractivity contribution in [3.63, 3.8) is 0 Å². The average Bonchev–Trinajstić information content (AvgIpc) is 3.14. The Balaban J connectivity index is 1.75. The summed E-state index contributed by atoms with van der Waals surface area (Å²) >= 11 is 0. The normalized spacial score (nSPS) is 29.5. The van der Waals surface area contributed by atoms with E-state index < -0.39 is 0 Å². The van der Waals surface area contributed by atoms with Crippen LogP contribution in [0.1, 0.15) is 58.8 Å². The monoisotopic (exact) mass is 392 g/mol. The van der Waals surface area contributed by atoms with E-state index in [2.05, 4.69) is 50.3 Å². The second-order valence-electron chi connectivity index (χ2n) is 9.51. The molecule has 0 aromatic heterocycles. The van der Waals surface area contributed by atoms with Crippen LogP contribution in [0.4, 0.5) is 0 Å². The Morgan fingerprint density at radius 3 is 2.82 bits per heavy atom. The Kier molecular flexibility index (Phi) is 10.2. The zero-order valence-electron chi connectivity index (χ0n) is 18.6. The summed E-state index contributed by atoms with van der Waals surface area (Å²) in [5.41, 5.74) is 1.50. The van der Waals surface area contributed by atoms with Gasteiger partial charge in [-0.2, -0.15) is 0 Å². The molecular formula is C24H44N2O2. The van der Waals surface area contributed by atoms with Crippen LogP contribution in [-0.4, -0.2) is 61.1 Å². The molecule has 0 unspecified atom stereocenters. The van der Waals surface area contributed by atoms with Crippen LogP contribution in [0.25, 0.3) is 0 Å². The molecular weight excluding hydrogens is 348 g/mol. The van der Waals surface area contributed by atoms with E-state index in [1.165, 1.54) is 31.3 Å². The Bertz CT molecular complexity index is 503. The zero-order valence-corrected chi connectivity index (χ0v) is 18.6. The lowest BCUT2D eigenvalue weighted by Gasteiger charge is -2.19. The molecule has 1 fully saturated rings. The number of unbranched alkanes of at least 4 members (excludes halogenated alkanes) is 1. The number of nitrogens with one attached hydrogen (secondary N) is 1. The van der Waals surface area contributed by atoms with Gasteiger partial charge in [-0.05, 0) is 70.6 Å². The third-order valence-corrected chi connectivity index (χ3v) is 6.51. The molecule has 0 bridgehead atoms. The SMILES string of the molecule is CCCC[C@H](C)C[C@H](O)/C=C/[C@@H]1[C@H]2CC(CNCCCN(C)C)=C[C@H]2C[C@H]1O. The van der Waals surface area contributed by atoms with E-state index in [1.54, 1.807) is 0 Å². The third-order valence-electron chi connectivity index (χ3n) is 6.51. The first-order valence-corrected chi connectivity index (χ1v) is 11.5. The van der Waals surface area contributed by atoms with E-state index in [1.807, 2.05) is 6.08 Å². The minimum Gasteiger partial charge on any atom is -0.392 e. The molecule has 0 heterocycles. The molecule has 1 saturated carbocycles. The van der Waals surface area contributed by atoms with Crippen LogP contribution in [0.5, 0.6) is 0 Å². The smallest absolute Gasteiger partial charge is 0.0723 e. The average molecular weight is 393 g/mol. The molecule has 0 aromatic rings. The highest BCUT2D eigenvalue weighted by atomic mass is 16.3. The van der Waals surface area contributed by atoms with Gasteiger partial charge in [0.05, 0.1) is 12.2 Å². The summed E-state index contributed by atoms with van der Waals surface area (Å²) in [5.74, 6) is 1.76. The second kappa shape index (κ2) is 12.1. The van der Waals surface area contributed by atoms with Crippen LogP contribution in [0.2, 0.25) is 0 Å². The van der Waals surface area contributed by atoms with Gasteiger partial charge in [0.25, 0.3) is 0 Å². The predicted molar refractivity (Wildman–Crippen MR) is 118 cm³/mol. The number of nitrogens with zero attached hydrogens (tertiary/aromatic N) is 1. The predicted octanol–water partition coefficient (Wildman–Crippen LogP) is 3.60. The van der Waals surface area contributed by atoms with Gasteiger partial charge in [0.1, 0.15) is 0 Å². The molecule has 0 radical (unpaired) electrons. The highest BCUT2D eigenvalue weighted by Crippen LogP contribution is 2.47. The number of hydrogen-bond acceptors (Lipinski definition) is 4. The van der Waals surface area contributed by atoms with Gasteiger partial charge >= 0.3 is 0 Å². The van der Waals surface area contributed by atoms with Crippen LogP contribution in [0.3, 0.4) is 0 Å². The van der Waals surface area contributed by atoms with Gasteiger partial charge in [0, 0.05) is 12.5 Å². The Labute approximate surface area is 173 Å². The zero-order chi connectivity index (χ0) is 20.5. The fourth-order valence-corrected chi connectivity index (χ4v) is 4.92. The molecule has 2 aliphatic rings. The third kappa shape index (κ3) is 7.62. The van der Waals surface area contributed by atoms with Gasteiger partial charge in [-0.25, -0.2) is 0 Å². The molecule has 2 rings (SSSR count). The number of aliphatic hydroxyl groups is 2. The van der Waals surface area contributed by atoms with Gasteiger partial charge < -0.3 is 20.4 Å².